The summed E-state index contributed by atoms with van der Waals surface area (Å²) in [6.07, 6.45) is 2.84. The van der Waals surface area contributed by atoms with Crippen LogP contribution in [-0.2, 0) is 21.8 Å². The van der Waals surface area contributed by atoms with E-state index in [0.29, 0.717) is 30.9 Å². The van der Waals surface area contributed by atoms with Gasteiger partial charge in [-0.2, -0.15) is 0 Å². The molecule has 254 valence electrons. The molecule has 1 aromatic heterocycles. The maximum atomic E-state index is 13.7. The average molecular weight is 682 g/mol. The number of tetrazole rings is 1. The number of nitrogens with one attached hydrogen (secondary N) is 2. The Morgan fingerprint density at radius 3 is 2.48 bits per heavy atom. The Kier molecular flexibility index (Phi) is 9.34. The molecule has 3 atom stereocenters. The number of methoxy groups -OCH3 is 2. The van der Waals surface area contributed by atoms with E-state index in [1.54, 1.807) is 38.5 Å². The standard InChI is InChI=1S/C33H37F2N7O5S/c1-21-4-8-25(9-5-21)48(44,45)32-38-39-40-42(32)17-16-41-15-14-33(22-6-11-28(46-2)29(18-22)47-3)13-12-24(20-30(33)41)37-31(43)36-23-7-10-26(34)27(35)19-23/h4-11,18-19,24,30H,12-17,20H2,1-3H3,(H2,36,37,43). The largest absolute Gasteiger partial charge is 0.493 e. The molecule has 2 amide bonds. The van der Waals surface area contributed by atoms with Gasteiger partial charge in [0, 0.05) is 35.8 Å². The maximum Gasteiger partial charge on any atom is 0.319 e. The number of ether oxygens (including phenoxy) is 2. The van der Waals surface area contributed by atoms with Gasteiger partial charge in [-0.05, 0) is 91.5 Å². The number of amides is 2. The molecule has 2 N–H and O–H groups in total. The van der Waals surface area contributed by atoms with E-state index < -0.39 is 27.5 Å². The number of hydrogen-bond donors (Lipinski definition) is 2. The van der Waals surface area contributed by atoms with E-state index in [9.17, 15) is 22.0 Å². The van der Waals surface area contributed by atoms with Gasteiger partial charge in [0.1, 0.15) is 0 Å². The van der Waals surface area contributed by atoms with Gasteiger partial charge in [-0.25, -0.2) is 26.7 Å². The van der Waals surface area contributed by atoms with Gasteiger partial charge < -0.3 is 20.1 Å². The lowest BCUT2D eigenvalue weighted by Crippen LogP contribution is -2.53. The molecule has 2 aliphatic rings. The third-order valence-corrected chi connectivity index (χ3v) is 11.2. The van der Waals surface area contributed by atoms with Crippen LogP contribution in [0, 0.1) is 18.6 Å². The van der Waals surface area contributed by atoms with Crippen molar-refractivity contribution < 1.29 is 31.5 Å². The summed E-state index contributed by atoms with van der Waals surface area (Å²) in [5.74, 6) is -0.812. The number of halogens is 2. The highest BCUT2D eigenvalue weighted by Gasteiger charge is 2.51. The fourth-order valence-corrected chi connectivity index (χ4v) is 8.28. The molecule has 1 aliphatic heterocycles. The molecule has 12 nitrogen and oxygen atoms in total. The average Bonchev–Trinajstić information content (AvgIpc) is 3.71. The number of carbonyl (C=O) groups is 1. The maximum absolute atomic E-state index is 13.7. The van der Waals surface area contributed by atoms with Crippen LogP contribution in [0.3, 0.4) is 0 Å². The van der Waals surface area contributed by atoms with E-state index in [4.69, 9.17) is 9.47 Å². The number of carbonyl (C=O) groups excluding carboxylic acids is 1. The first-order valence-electron chi connectivity index (χ1n) is 15.6. The van der Waals surface area contributed by atoms with Crippen molar-refractivity contribution in [2.75, 3.05) is 32.6 Å². The predicted molar refractivity (Wildman–Crippen MR) is 172 cm³/mol. The monoisotopic (exact) mass is 681 g/mol. The van der Waals surface area contributed by atoms with Gasteiger partial charge in [-0.1, -0.05) is 28.9 Å². The minimum atomic E-state index is -3.95. The number of nitrogens with zero attached hydrogens (tertiary/aromatic N) is 5. The lowest BCUT2D eigenvalue weighted by molar-refractivity contribution is 0.131. The fraction of sp³-hybridized carbons (Fsp3) is 0.394. The molecule has 48 heavy (non-hydrogen) atoms. The van der Waals surface area contributed by atoms with E-state index in [-0.39, 0.29) is 39.8 Å². The van der Waals surface area contributed by atoms with Crippen molar-refractivity contribution in [2.45, 2.75) is 66.7 Å². The molecule has 3 unspecified atom stereocenters. The molecule has 15 heteroatoms. The second-order valence-corrected chi connectivity index (χ2v) is 14.1. The van der Waals surface area contributed by atoms with Crippen molar-refractivity contribution >= 4 is 21.6 Å². The molecular formula is C33H37F2N7O5S. The molecule has 4 aromatic rings. The van der Waals surface area contributed by atoms with Crippen molar-refractivity contribution in [1.82, 2.24) is 30.4 Å². The fourth-order valence-electron chi connectivity index (χ4n) is 7.03. The van der Waals surface area contributed by atoms with Crippen molar-refractivity contribution in [3.8, 4) is 11.5 Å². The summed E-state index contributed by atoms with van der Waals surface area (Å²) in [7, 11) is -0.767. The number of hydrogen-bond acceptors (Lipinski definition) is 9. The van der Waals surface area contributed by atoms with E-state index in [2.05, 4.69) is 37.1 Å². The third-order valence-electron chi connectivity index (χ3n) is 9.51. The molecular weight excluding hydrogens is 644 g/mol. The van der Waals surface area contributed by atoms with Gasteiger partial charge in [0.2, 0.25) is 9.84 Å². The van der Waals surface area contributed by atoms with Gasteiger partial charge in [-0.15, -0.1) is 0 Å². The molecule has 2 fully saturated rings. The summed E-state index contributed by atoms with van der Waals surface area (Å²) in [5.41, 5.74) is 1.87. The van der Waals surface area contributed by atoms with Crippen LogP contribution in [0.25, 0.3) is 0 Å². The van der Waals surface area contributed by atoms with Gasteiger partial charge in [0.25, 0.3) is 5.16 Å². The van der Waals surface area contributed by atoms with Crippen molar-refractivity contribution in [3.05, 3.63) is 83.4 Å². The lowest BCUT2D eigenvalue weighted by atomic mass is 9.65. The summed E-state index contributed by atoms with van der Waals surface area (Å²) in [4.78, 5) is 15.3. The molecule has 2 heterocycles. The van der Waals surface area contributed by atoms with Crippen LogP contribution in [0.1, 0.15) is 36.8 Å². The second kappa shape index (κ2) is 13.5. The van der Waals surface area contributed by atoms with Crippen LogP contribution in [0.15, 0.2) is 70.7 Å². The third kappa shape index (κ3) is 6.43. The Bertz CT molecular complexity index is 1910. The van der Waals surface area contributed by atoms with Crippen LogP contribution >= 0.6 is 0 Å². The second-order valence-electron chi connectivity index (χ2n) is 12.2. The quantitative estimate of drug-likeness (QED) is 0.248. The van der Waals surface area contributed by atoms with Gasteiger partial charge >= 0.3 is 6.03 Å². The summed E-state index contributed by atoms with van der Waals surface area (Å²) in [6.45, 7) is 3.27. The number of aromatic nitrogens is 4. The Balaban J connectivity index is 1.23. The summed E-state index contributed by atoms with van der Waals surface area (Å²) in [6, 6.07) is 14.9. The molecule has 1 saturated carbocycles. The summed E-state index contributed by atoms with van der Waals surface area (Å²) >= 11 is 0. The van der Waals surface area contributed by atoms with Gasteiger partial charge in [-0.3, -0.25) is 4.90 Å². The zero-order valence-electron chi connectivity index (χ0n) is 26.8. The minimum Gasteiger partial charge on any atom is -0.493 e. The SMILES string of the molecule is COc1ccc(C23CCC(NC(=O)Nc4ccc(F)c(F)c4)CC2N(CCn2nnnc2S(=O)(=O)c2ccc(C)cc2)CC3)cc1OC. The first-order chi connectivity index (χ1) is 23.0. The van der Waals surface area contributed by atoms with Crippen LogP contribution in [-0.4, -0.2) is 78.9 Å². The van der Waals surface area contributed by atoms with E-state index in [1.807, 2.05) is 19.1 Å². The highest BCUT2D eigenvalue weighted by atomic mass is 32.2. The number of aryl methyl sites for hydroxylation is 1. The van der Waals surface area contributed by atoms with Crippen molar-refractivity contribution in [3.63, 3.8) is 0 Å². The Morgan fingerprint density at radius 1 is 0.979 bits per heavy atom. The van der Waals surface area contributed by atoms with E-state index in [0.717, 1.165) is 42.6 Å². The number of sulfone groups is 1. The number of anilines is 1. The Labute approximate surface area is 277 Å². The molecule has 1 saturated heterocycles. The molecule has 0 spiro atoms. The first kappa shape index (κ1) is 33.3. The zero-order valence-corrected chi connectivity index (χ0v) is 27.6. The summed E-state index contributed by atoms with van der Waals surface area (Å²) < 4.78 is 66.4. The molecule has 0 radical (unpaired) electrons. The number of urea groups is 1. The molecule has 6 rings (SSSR count). The lowest BCUT2D eigenvalue weighted by Gasteiger charge is -2.45. The smallest absolute Gasteiger partial charge is 0.319 e. The number of rotatable bonds is 10. The van der Waals surface area contributed by atoms with E-state index >= 15 is 0 Å². The molecule has 3 aromatic carbocycles. The van der Waals surface area contributed by atoms with Crippen LogP contribution in [0.5, 0.6) is 11.5 Å². The topological polar surface area (TPSA) is 141 Å². The van der Waals surface area contributed by atoms with Crippen molar-refractivity contribution in [2.24, 2.45) is 0 Å². The zero-order chi connectivity index (χ0) is 34.1. The van der Waals surface area contributed by atoms with Crippen molar-refractivity contribution in [1.29, 1.82) is 0 Å². The Hall–Kier alpha value is -4.63. The number of benzene rings is 3. The number of fused-ring (bicyclic) bond motifs is 1. The van der Waals surface area contributed by atoms with Crippen LogP contribution < -0.4 is 20.1 Å². The van der Waals surface area contributed by atoms with Gasteiger partial charge in [0.05, 0.1) is 25.7 Å². The molecule has 0 bridgehead atoms. The predicted octanol–water partition coefficient (Wildman–Crippen LogP) is 4.50. The first-order valence-corrected chi connectivity index (χ1v) is 17.1. The number of likely N-dealkylation sites (tertiary alicyclic amines) is 1. The highest BCUT2D eigenvalue weighted by Crippen LogP contribution is 2.50. The summed E-state index contributed by atoms with van der Waals surface area (Å²) in [5, 5.41) is 16.9. The van der Waals surface area contributed by atoms with Crippen LogP contribution in [0.4, 0.5) is 19.3 Å². The highest BCUT2D eigenvalue weighted by molar-refractivity contribution is 7.91. The normalized spacial score (nSPS) is 21.0. The van der Waals surface area contributed by atoms with Gasteiger partial charge in [0.15, 0.2) is 23.1 Å². The van der Waals surface area contributed by atoms with Crippen LogP contribution in [0.2, 0.25) is 0 Å². The minimum absolute atomic E-state index is 0.0495. The molecule has 1 aliphatic carbocycles. The van der Waals surface area contributed by atoms with E-state index in [1.165, 1.54) is 10.7 Å². The Morgan fingerprint density at radius 2 is 1.75 bits per heavy atom.